The Morgan fingerprint density at radius 3 is 2.42 bits per heavy atom. The summed E-state index contributed by atoms with van der Waals surface area (Å²) in [4.78, 5) is 29.9. The summed E-state index contributed by atoms with van der Waals surface area (Å²) in [6.07, 6.45) is 3.69. The van der Waals surface area contributed by atoms with Crippen molar-refractivity contribution in [3.8, 4) is 5.69 Å². The third-order valence-electron chi connectivity index (χ3n) is 6.28. The number of nitrogens with one attached hydrogen (secondary N) is 2. The maximum atomic E-state index is 11.9. The van der Waals surface area contributed by atoms with E-state index in [4.69, 9.17) is 17.0 Å². The predicted octanol–water partition coefficient (Wildman–Crippen LogP) is 4.33. The molecule has 4 aromatic rings. The number of ether oxygens (including phenoxy) is 1. The highest BCUT2D eigenvalue weighted by molar-refractivity contribution is 7.80. The summed E-state index contributed by atoms with van der Waals surface area (Å²) in [5, 5.41) is 16.1. The number of carboxylic acids is 1. The number of methoxy groups -OCH3 is 1. The number of nitrogens with zero attached hydrogens (tertiary/aromatic N) is 3. The first-order valence-electron chi connectivity index (χ1n) is 11.9. The van der Waals surface area contributed by atoms with Crippen LogP contribution in [0.3, 0.4) is 0 Å². The molecule has 0 bridgehead atoms. The molecule has 1 fully saturated rings. The number of carbonyl (C=O) groups is 2. The number of pyridine rings is 1. The third-order valence-corrected chi connectivity index (χ3v) is 6.59. The minimum absolute atomic E-state index is 0.0276. The maximum absolute atomic E-state index is 11.9. The minimum Gasteiger partial charge on any atom is -0.478 e. The van der Waals surface area contributed by atoms with Crippen molar-refractivity contribution in [1.29, 1.82) is 0 Å². The summed E-state index contributed by atoms with van der Waals surface area (Å²) in [6.45, 7) is -0.0276. The molecule has 2 aromatic carbocycles. The Bertz CT molecular complexity index is 1450. The van der Waals surface area contributed by atoms with Gasteiger partial charge in [0.15, 0.2) is 5.11 Å². The van der Waals surface area contributed by atoms with Gasteiger partial charge in [-0.3, -0.25) is 9.78 Å². The molecular formula is C28H25N5O4S. The zero-order chi connectivity index (χ0) is 26.6. The lowest BCUT2D eigenvalue weighted by Crippen LogP contribution is -2.30. The van der Waals surface area contributed by atoms with E-state index in [2.05, 4.69) is 15.6 Å². The van der Waals surface area contributed by atoms with E-state index in [-0.39, 0.29) is 30.2 Å². The minimum atomic E-state index is -0.974. The van der Waals surface area contributed by atoms with Crippen molar-refractivity contribution in [2.75, 3.05) is 23.9 Å². The second kappa shape index (κ2) is 10.8. The number of carbonyl (C=O) groups excluding carboxylic acids is 1. The van der Waals surface area contributed by atoms with E-state index in [0.29, 0.717) is 10.8 Å². The van der Waals surface area contributed by atoms with Gasteiger partial charge in [-0.1, -0.05) is 6.07 Å². The van der Waals surface area contributed by atoms with Crippen molar-refractivity contribution >= 4 is 40.6 Å². The van der Waals surface area contributed by atoms with Crippen LogP contribution in [0.5, 0.6) is 0 Å². The molecule has 1 aliphatic rings. The number of amides is 1. The van der Waals surface area contributed by atoms with E-state index in [0.717, 1.165) is 22.8 Å². The Morgan fingerprint density at radius 1 is 1.03 bits per heavy atom. The number of aromatic carboxylic acids is 1. The molecule has 1 aliphatic heterocycles. The molecule has 192 valence electrons. The molecule has 1 saturated heterocycles. The molecule has 5 rings (SSSR count). The Balaban J connectivity index is 1.55. The molecule has 3 N–H and O–H groups in total. The number of benzene rings is 2. The van der Waals surface area contributed by atoms with Gasteiger partial charge in [-0.2, -0.15) is 0 Å². The smallest absolute Gasteiger partial charge is 0.335 e. The van der Waals surface area contributed by atoms with Gasteiger partial charge in [-0.25, -0.2) is 4.79 Å². The largest absolute Gasteiger partial charge is 0.478 e. The van der Waals surface area contributed by atoms with E-state index in [1.807, 2.05) is 70.3 Å². The van der Waals surface area contributed by atoms with Crippen LogP contribution in [0, 0.1) is 0 Å². The first-order chi connectivity index (χ1) is 18.5. The van der Waals surface area contributed by atoms with Crippen LogP contribution in [0.2, 0.25) is 0 Å². The van der Waals surface area contributed by atoms with Crippen molar-refractivity contribution in [2.45, 2.75) is 12.1 Å². The molecule has 2 aromatic heterocycles. The molecule has 0 spiro atoms. The standard InChI is InChI=1S/C28H25N5O4S/c1-37-17-24(34)30-19-9-13-21(14-10-19)33-26(25(31-28(33)38)22-5-2-3-15-29-22)23-6-4-16-32(23)20-11-7-18(8-12-20)27(35)36/h2-16,25-26H,17H2,1H3,(H,30,34)(H,31,38)(H,35,36)/t25-,26-/m0/s1. The summed E-state index contributed by atoms with van der Waals surface area (Å²) >= 11 is 5.82. The molecule has 0 aliphatic carbocycles. The van der Waals surface area contributed by atoms with E-state index >= 15 is 0 Å². The van der Waals surface area contributed by atoms with Gasteiger partial charge in [-0.15, -0.1) is 0 Å². The molecular weight excluding hydrogens is 502 g/mol. The maximum Gasteiger partial charge on any atom is 0.335 e. The van der Waals surface area contributed by atoms with Gasteiger partial charge in [0.1, 0.15) is 12.6 Å². The van der Waals surface area contributed by atoms with Crippen LogP contribution in [-0.2, 0) is 9.53 Å². The molecule has 38 heavy (non-hydrogen) atoms. The van der Waals surface area contributed by atoms with Crippen LogP contribution in [0.15, 0.2) is 91.3 Å². The summed E-state index contributed by atoms with van der Waals surface area (Å²) in [6, 6.07) is 23.4. The third kappa shape index (κ3) is 4.99. The van der Waals surface area contributed by atoms with Gasteiger partial charge in [0.25, 0.3) is 0 Å². The zero-order valence-electron chi connectivity index (χ0n) is 20.4. The Kier molecular flexibility index (Phi) is 7.16. The second-order valence-electron chi connectivity index (χ2n) is 8.68. The molecule has 3 heterocycles. The van der Waals surface area contributed by atoms with Crippen molar-refractivity contribution in [3.05, 3.63) is 108 Å². The van der Waals surface area contributed by atoms with Gasteiger partial charge in [0.2, 0.25) is 5.91 Å². The number of thiocarbonyl (C=S) groups is 1. The highest BCUT2D eigenvalue weighted by Gasteiger charge is 2.42. The van der Waals surface area contributed by atoms with Crippen LogP contribution in [0.25, 0.3) is 5.69 Å². The fraction of sp³-hybridized carbons (Fsp3) is 0.143. The number of aromatic nitrogens is 2. The van der Waals surface area contributed by atoms with Gasteiger partial charge in [-0.05, 0) is 85.0 Å². The zero-order valence-corrected chi connectivity index (χ0v) is 21.3. The van der Waals surface area contributed by atoms with E-state index in [1.165, 1.54) is 7.11 Å². The predicted molar refractivity (Wildman–Crippen MR) is 148 cm³/mol. The molecule has 2 atom stereocenters. The van der Waals surface area contributed by atoms with Crippen molar-refractivity contribution in [1.82, 2.24) is 14.9 Å². The Morgan fingerprint density at radius 2 is 1.76 bits per heavy atom. The monoisotopic (exact) mass is 527 g/mol. The normalized spacial score (nSPS) is 16.8. The van der Waals surface area contributed by atoms with Crippen LogP contribution >= 0.6 is 12.2 Å². The molecule has 10 heteroatoms. The fourth-order valence-electron chi connectivity index (χ4n) is 4.60. The number of carboxylic acid groups (broad SMARTS) is 1. The highest BCUT2D eigenvalue weighted by Crippen LogP contribution is 2.42. The first-order valence-corrected chi connectivity index (χ1v) is 12.3. The Hall–Kier alpha value is -4.54. The number of anilines is 2. The van der Waals surface area contributed by atoms with Crippen LogP contribution in [0.1, 0.15) is 33.8 Å². The Labute approximate surface area is 224 Å². The van der Waals surface area contributed by atoms with E-state index in [1.54, 1.807) is 30.5 Å². The lowest BCUT2D eigenvalue weighted by Gasteiger charge is -2.29. The topological polar surface area (TPSA) is 109 Å². The molecule has 0 radical (unpaired) electrons. The SMILES string of the molecule is COCC(=O)Nc1ccc(N2C(=S)N[C@@H](c3ccccn3)[C@@H]2c2cccn2-c2ccc(C(=O)O)cc2)cc1. The molecule has 9 nitrogen and oxygen atoms in total. The van der Waals surface area contributed by atoms with Crippen molar-refractivity contribution in [2.24, 2.45) is 0 Å². The van der Waals surface area contributed by atoms with E-state index < -0.39 is 5.97 Å². The summed E-state index contributed by atoms with van der Waals surface area (Å²) in [5.41, 5.74) is 4.30. The van der Waals surface area contributed by atoms with Gasteiger partial charge < -0.3 is 29.9 Å². The summed E-state index contributed by atoms with van der Waals surface area (Å²) in [7, 11) is 1.47. The van der Waals surface area contributed by atoms with Crippen LogP contribution in [0.4, 0.5) is 11.4 Å². The lowest BCUT2D eigenvalue weighted by atomic mass is 10.0. The quantitative estimate of drug-likeness (QED) is 0.291. The van der Waals surface area contributed by atoms with Gasteiger partial charge >= 0.3 is 5.97 Å². The average molecular weight is 528 g/mol. The number of rotatable bonds is 8. The number of hydrogen-bond donors (Lipinski definition) is 3. The number of hydrogen-bond acceptors (Lipinski definition) is 5. The first kappa shape index (κ1) is 25.1. The van der Waals surface area contributed by atoms with Gasteiger partial charge in [0.05, 0.1) is 17.3 Å². The summed E-state index contributed by atoms with van der Waals surface area (Å²) in [5.74, 6) is -1.21. The van der Waals surface area contributed by atoms with Gasteiger partial charge in [0, 0.05) is 42.3 Å². The highest BCUT2D eigenvalue weighted by atomic mass is 32.1. The fourth-order valence-corrected chi connectivity index (χ4v) is 4.95. The molecule has 0 saturated carbocycles. The average Bonchev–Trinajstić information content (AvgIpc) is 3.54. The van der Waals surface area contributed by atoms with Crippen molar-refractivity contribution in [3.63, 3.8) is 0 Å². The van der Waals surface area contributed by atoms with E-state index in [9.17, 15) is 14.7 Å². The van der Waals surface area contributed by atoms with Crippen LogP contribution < -0.4 is 15.5 Å². The lowest BCUT2D eigenvalue weighted by molar-refractivity contribution is -0.119. The second-order valence-corrected chi connectivity index (χ2v) is 9.07. The molecule has 0 unspecified atom stereocenters. The molecule has 1 amide bonds. The van der Waals surface area contributed by atoms with Crippen LogP contribution in [-0.4, -0.2) is 45.4 Å². The summed E-state index contributed by atoms with van der Waals surface area (Å²) < 4.78 is 6.91. The van der Waals surface area contributed by atoms with Crippen molar-refractivity contribution < 1.29 is 19.4 Å².